The highest BCUT2D eigenvalue weighted by atomic mass is 19.4. The number of nitrogens with zero attached hydrogens (tertiary/aromatic N) is 2. The van der Waals surface area contributed by atoms with Crippen molar-refractivity contribution in [3.8, 4) is 5.75 Å². The zero-order valence-electron chi connectivity index (χ0n) is 16.4. The van der Waals surface area contributed by atoms with Gasteiger partial charge >= 0.3 is 12.1 Å². The van der Waals surface area contributed by atoms with Gasteiger partial charge in [-0.15, -0.1) is 0 Å². The van der Waals surface area contributed by atoms with E-state index in [4.69, 9.17) is 4.74 Å². The lowest BCUT2D eigenvalue weighted by molar-refractivity contribution is -0.137. The molecule has 2 aliphatic heterocycles. The fourth-order valence-electron chi connectivity index (χ4n) is 3.87. The summed E-state index contributed by atoms with van der Waals surface area (Å²) in [5, 5.41) is 13.5. The summed E-state index contributed by atoms with van der Waals surface area (Å²) in [5.74, 6) is -0.574. The minimum absolute atomic E-state index is 0.121. The predicted octanol–water partition coefficient (Wildman–Crippen LogP) is 2.92. The van der Waals surface area contributed by atoms with Crippen molar-refractivity contribution in [3.63, 3.8) is 0 Å². The van der Waals surface area contributed by atoms with Crippen LogP contribution in [0.4, 0.5) is 24.7 Å². The van der Waals surface area contributed by atoms with E-state index in [0.29, 0.717) is 11.4 Å². The number of halogens is 3. The summed E-state index contributed by atoms with van der Waals surface area (Å²) < 4.78 is 44.8. The summed E-state index contributed by atoms with van der Waals surface area (Å²) in [7, 11) is 0. The summed E-state index contributed by atoms with van der Waals surface area (Å²) >= 11 is 0. The third-order valence-electron chi connectivity index (χ3n) is 5.48. The Kier molecular flexibility index (Phi) is 5.34. The van der Waals surface area contributed by atoms with Crippen LogP contribution in [0.3, 0.4) is 0 Å². The van der Waals surface area contributed by atoms with Crippen molar-refractivity contribution in [2.75, 3.05) is 23.3 Å². The van der Waals surface area contributed by atoms with Gasteiger partial charge in [0.15, 0.2) is 0 Å². The van der Waals surface area contributed by atoms with Crippen LogP contribution in [0.15, 0.2) is 36.5 Å². The summed E-state index contributed by atoms with van der Waals surface area (Å²) in [6, 6.07) is 7.09. The van der Waals surface area contributed by atoms with Crippen LogP contribution in [0.25, 0.3) is 0 Å². The monoisotopic (exact) mass is 435 g/mol. The third kappa shape index (κ3) is 4.63. The molecule has 1 fully saturated rings. The minimum Gasteiger partial charge on any atom is -0.426 e. The molecule has 1 aromatic heterocycles. The van der Waals surface area contributed by atoms with Crippen LogP contribution >= 0.6 is 0 Å². The maximum Gasteiger partial charge on any atom is 0.419 e. The normalized spacial score (nSPS) is 17.8. The lowest BCUT2D eigenvalue weighted by Crippen LogP contribution is -2.47. The molecule has 0 atom stereocenters. The number of aliphatic hydroxyl groups is 1. The second kappa shape index (κ2) is 7.84. The molecule has 3 heterocycles. The number of piperidine rings is 1. The smallest absolute Gasteiger partial charge is 0.419 e. The van der Waals surface area contributed by atoms with Gasteiger partial charge in [0.2, 0.25) is 5.91 Å². The van der Waals surface area contributed by atoms with Crippen molar-refractivity contribution in [1.82, 2.24) is 4.98 Å². The van der Waals surface area contributed by atoms with Gasteiger partial charge in [0.25, 0.3) is 0 Å². The van der Waals surface area contributed by atoms with Crippen molar-refractivity contribution in [3.05, 3.63) is 47.7 Å². The molecule has 31 heavy (non-hydrogen) atoms. The van der Waals surface area contributed by atoms with Gasteiger partial charge in [-0.25, -0.2) is 4.98 Å². The van der Waals surface area contributed by atoms with Gasteiger partial charge in [0.1, 0.15) is 11.6 Å². The second-order valence-corrected chi connectivity index (χ2v) is 7.78. The molecule has 1 aromatic carbocycles. The minimum atomic E-state index is -4.53. The van der Waals surface area contributed by atoms with Gasteiger partial charge in [0.05, 0.1) is 24.0 Å². The van der Waals surface area contributed by atoms with Crippen molar-refractivity contribution >= 4 is 23.4 Å². The highest BCUT2D eigenvalue weighted by Crippen LogP contribution is 2.37. The maximum absolute atomic E-state index is 13.2. The number of carbonyl (C=O) groups excluding carboxylic acids is 2. The molecule has 0 bridgehead atoms. The first-order valence-corrected chi connectivity index (χ1v) is 9.76. The Labute approximate surface area is 175 Å². The van der Waals surface area contributed by atoms with Gasteiger partial charge < -0.3 is 20.1 Å². The van der Waals surface area contributed by atoms with E-state index >= 15 is 0 Å². The molecule has 0 unspecified atom stereocenters. The molecule has 10 heteroatoms. The summed E-state index contributed by atoms with van der Waals surface area (Å²) in [5.41, 5.74) is -0.989. The number of ether oxygens (including phenoxy) is 1. The molecule has 1 amide bonds. The number of aromatic nitrogens is 1. The number of amides is 1. The number of hydrogen-bond acceptors (Lipinski definition) is 6. The molecule has 164 valence electrons. The number of hydrogen-bond donors (Lipinski definition) is 2. The number of anilines is 2. The van der Waals surface area contributed by atoms with Crippen molar-refractivity contribution < 1.29 is 32.6 Å². The molecule has 1 saturated heterocycles. The molecule has 2 aromatic rings. The van der Waals surface area contributed by atoms with Crippen LogP contribution in [-0.4, -0.2) is 40.7 Å². The van der Waals surface area contributed by atoms with Gasteiger partial charge in [-0.1, -0.05) is 6.07 Å². The van der Waals surface area contributed by atoms with Gasteiger partial charge in [-0.2, -0.15) is 13.2 Å². The van der Waals surface area contributed by atoms with E-state index in [1.165, 1.54) is 17.2 Å². The van der Waals surface area contributed by atoms with E-state index in [-0.39, 0.29) is 50.6 Å². The number of benzene rings is 1. The second-order valence-electron chi connectivity index (χ2n) is 7.78. The molecule has 0 aliphatic carbocycles. The topological polar surface area (TPSA) is 91.8 Å². The quantitative estimate of drug-likeness (QED) is 0.567. The first kappa shape index (κ1) is 21.1. The number of pyridine rings is 1. The van der Waals surface area contributed by atoms with Crippen LogP contribution in [0.5, 0.6) is 5.75 Å². The lowest BCUT2D eigenvalue weighted by atomic mass is 9.87. The maximum atomic E-state index is 13.2. The zero-order valence-corrected chi connectivity index (χ0v) is 16.4. The third-order valence-corrected chi connectivity index (χ3v) is 5.48. The lowest BCUT2D eigenvalue weighted by Gasteiger charge is -2.39. The standard InChI is InChI=1S/C21H20F3N3O4/c22-21(23,24)15-2-1-7-25-19(15)27-8-5-20(30,6-9-27)12-17(28)26-14-4-3-13-10-18(29)31-16(13)11-14/h1-4,7,11,30H,5-6,8-10,12H2,(H,26,28). The van der Waals surface area contributed by atoms with Crippen molar-refractivity contribution in [1.29, 1.82) is 0 Å². The number of carbonyl (C=O) groups is 2. The first-order chi connectivity index (χ1) is 14.6. The highest BCUT2D eigenvalue weighted by Gasteiger charge is 2.39. The van der Waals surface area contributed by atoms with Gasteiger partial charge in [-0.3, -0.25) is 9.59 Å². The molecule has 0 radical (unpaired) electrons. The molecular weight excluding hydrogens is 415 g/mol. The Morgan fingerprint density at radius 1 is 1.26 bits per heavy atom. The first-order valence-electron chi connectivity index (χ1n) is 9.76. The number of alkyl halides is 3. The largest absolute Gasteiger partial charge is 0.426 e. The fraction of sp³-hybridized carbons (Fsp3) is 0.381. The number of esters is 1. The molecule has 0 spiro atoms. The molecule has 7 nitrogen and oxygen atoms in total. The van der Waals surface area contributed by atoms with Crippen LogP contribution in [0.1, 0.15) is 30.4 Å². The van der Waals surface area contributed by atoms with Crippen molar-refractivity contribution in [2.45, 2.75) is 37.5 Å². The van der Waals surface area contributed by atoms with E-state index in [9.17, 15) is 27.9 Å². The van der Waals surface area contributed by atoms with Crippen LogP contribution < -0.4 is 15.0 Å². The average molecular weight is 435 g/mol. The van der Waals surface area contributed by atoms with Crippen molar-refractivity contribution in [2.24, 2.45) is 0 Å². The van der Waals surface area contributed by atoms with E-state index < -0.39 is 23.2 Å². The zero-order chi connectivity index (χ0) is 22.2. The molecule has 2 aliphatic rings. The number of rotatable bonds is 4. The molecule has 2 N–H and O–H groups in total. The predicted molar refractivity (Wildman–Crippen MR) is 105 cm³/mol. The van der Waals surface area contributed by atoms with Gasteiger partial charge in [-0.05, 0) is 31.0 Å². The van der Waals surface area contributed by atoms with E-state index in [2.05, 4.69) is 10.3 Å². The molecule has 0 saturated carbocycles. The van der Waals surface area contributed by atoms with E-state index in [0.717, 1.165) is 11.6 Å². The van der Waals surface area contributed by atoms with E-state index in [1.54, 1.807) is 18.2 Å². The highest BCUT2D eigenvalue weighted by molar-refractivity contribution is 5.92. The Bertz CT molecular complexity index is 1020. The Morgan fingerprint density at radius 2 is 2.00 bits per heavy atom. The molecular formula is C21H20F3N3O4. The summed E-state index contributed by atoms with van der Waals surface area (Å²) in [6.07, 6.45) is -3.00. The Morgan fingerprint density at radius 3 is 2.71 bits per heavy atom. The Hall–Kier alpha value is -3.14. The van der Waals surface area contributed by atoms with Crippen LogP contribution in [0.2, 0.25) is 0 Å². The average Bonchev–Trinajstić information content (AvgIpc) is 3.07. The summed E-state index contributed by atoms with van der Waals surface area (Å²) in [6.45, 7) is 0.275. The SMILES string of the molecule is O=C(CC1(O)CCN(c2ncccc2C(F)(F)F)CC1)Nc1ccc2c(c1)OC(=O)C2. The van der Waals surface area contributed by atoms with Crippen LogP contribution in [-0.2, 0) is 22.2 Å². The Balaban J connectivity index is 1.37. The number of nitrogens with one attached hydrogen (secondary N) is 1. The van der Waals surface area contributed by atoms with E-state index in [1.807, 2.05) is 0 Å². The van der Waals surface area contributed by atoms with Crippen LogP contribution in [0, 0.1) is 0 Å². The fourth-order valence-corrected chi connectivity index (χ4v) is 3.87. The molecule has 4 rings (SSSR count). The van der Waals surface area contributed by atoms with Gasteiger partial charge in [0, 0.05) is 36.6 Å². The number of fused-ring (bicyclic) bond motifs is 1. The summed E-state index contributed by atoms with van der Waals surface area (Å²) in [4.78, 5) is 29.1.